The van der Waals surface area contributed by atoms with E-state index in [1.807, 2.05) is 19.9 Å². The summed E-state index contributed by atoms with van der Waals surface area (Å²) >= 11 is 1.34. The van der Waals surface area contributed by atoms with Crippen molar-refractivity contribution in [2.75, 3.05) is 5.32 Å². The van der Waals surface area contributed by atoms with Gasteiger partial charge in [-0.3, -0.25) is 9.59 Å². The minimum absolute atomic E-state index is 0.175. The topological polar surface area (TPSA) is 103 Å². The normalized spacial score (nSPS) is 10.8. The molecule has 0 spiro atoms. The average Bonchev–Trinajstić information content (AvgIpc) is 3.21. The van der Waals surface area contributed by atoms with Crippen molar-refractivity contribution in [2.45, 2.75) is 33.3 Å². The third kappa shape index (κ3) is 5.15. The van der Waals surface area contributed by atoms with Gasteiger partial charge in [0.2, 0.25) is 4.96 Å². The molecule has 0 aliphatic rings. The summed E-state index contributed by atoms with van der Waals surface area (Å²) in [6.07, 6.45) is 1.68. The minimum atomic E-state index is -0.631. The van der Waals surface area contributed by atoms with Crippen LogP contribution in [0.15, 0.2) is 59.4 Å². The van der Waals surface area contributed by atoms with Crippen LogP contribution in [0.3, 0.4) is 0 Å². The maximum absolute atomic E-state index is 12.8. The van der Waals surface area contributed by atoms with Gasteiger partial charge in [0, 0.05) is 18.1 Å². The van der Waals surface area contributed by atoms with Crippen LogP contribution in [0, 0.1) is 6.92 Å². The van der Waals surface area contributed by atoms with Gasteiger partial charge >= 0.3 is 5.97 Å². The van der Waals surface area contributed by atoms with Crippen molar-refractivity contribution in [3.63, 3.8) is 0 Å². The van der Waals surface area contributed by atoms with E-state index in [0.29, 0.717) is 21.9 Å². The van der Waals surface area contributed by atoms with E-state index in [-0.39, 0.29) is 23.6 Å². The van der Waals surface area contributed by atoms with Gasteiger partial charge in [0.05, 0.1) is 16.9 Å². The number of rotatable bonds is 7. The number of para-hydroxylation sites is 1. The summed E-state index contributed by atoms with van der Waals surface area (Å²) in [5.41, 5.74) is 2.00. The number of aromatic nitrogens is 3. The molecule has 4 aromatic rings. The lowest BCUT2D eigenvalue weighted by atomic mass is 10.1. The number of aryl methyl sites for hydroxylation is 2. The zero-order valence-corrected chi connectivity index (χ0v) is 19.0. The molecular formula is C24H22N4O4S. The van der Waals surface area contributed by atoms with Crippen LogP contribution < -0.4 is 10.9 Å². The van der Waals surface area contributed by atoms with Crippen LogP contribution in [0.25, 0.3) is 4.96 Å². The predicted molar refractivity (Wildman–Crippen MR) is 126 cm³/mol. The van der Waals surface area contributed by atoms with Gasteiger partial charge in [-0.1, -0.05) is 48.1 Å². The Balaban J connectivity index is 1.49. The van der Waals surface area contributed by atoms with Crippen molar-refractivity contribution >= 4 is 33.9 Å². The molecule has 9 heteroatoms. The number of anilines is 1. The van der Waals surface area contributed by atoms with Crippen molar-refractivity contribution in [2.24, 2.45) is 0 Å². The van der Waals surface area contributed by atoms with Crippen molar-refractivity contribution in [1.29, 1.82) is 0 Å². The van der Waals surface area contributed by atoms with Crippen molar-refractivity contribution in [3.05, 3.63) is 92.3 Å². The molecule has 0 saturated heterocycles. The Morgan fingerprint density at radius 1 is 1.12 bits per heavy atom. The number of hydrogen-bond acceptors (Lipinski definition) is 7. The molecule has 0 aliphatic carbocycles. The van der Waals surface area contributed by atoms with E-state index < -0.39 is 5.97 Å². The summed E-state index contributed by atoms with van der Waals surface area (Å²) in [7, 11) is 0. The Morgan fingerprint density at radius 2 is 1.94 bits per heavy atom. The second-order valence-electron chi connectivity index (χ2n) is 7.47. The monoisotopic (exact) mass is 462 g/mol. The van der Waals surface area contributed by atoms with Crippen LogP contribution >= 0.6 is 11.3 Å². The number of nitrogens with zero attached hydrogens (tertiary/aromatic N) is 3. The highest BCUT2D eigenvalue weighted by Crippen LogP contribution is 2.19. The first-order valence-corrected chi connectivity index (χ1v) is 11.3. The molecule has 0 fully saturated rings. The van der Waals surface area contributed by atoms with E-state index in [1.54, 1.807) is 42.5 Å². The van der Waals surface area contributed by atoms with Crippen LogP contribution in [0.4, 0.5) is 5.69 Å². The first kappa shape index (κ1) is 22.3. The Morgan fingerprint density at radius 3 is 2.73 bits per heavy atom. The molecule has 168 valence electrons. The fraction of sp³-hybridized carbons (Fsp3) is 0.208. The molecule has 0 aliphatic heterocycles. The Hall–Kier alpha value is -3.85. The molecular weight excluding hydrogens is 440 g/mol. The van der Waals surface area contributed by atoms with Gasteiger partial charge in [0.25, 0.3) is 11.5 Å². The molecule has 0 radical (unpaired) electrons. The van der Waals surface area contributed by atoms with E-state index in [2.05, 4.69) is 15.4 Å². The number of carbonyl (C=O) groups excluding carboxylic acids is 2. The molecule has 2 aromatic heterocycles. The van der Waals surface area contributed by atoms with Gasteiger partial charge in [-0.15, -0.1) is 0 Å². The fourth-order valence-corrected chi connectivity index (χ4v) is 4.27. The summed E-state index contributed by atoms with van der Waals surface area (Å²) < 4.78 is 6.66. The first-order chi connectivity index (χ1) is 15.9. The van der Waals surface area contributed by atoms with Crippen LogP contribution in [0.1, 0.15) is 50.3 Å². The number of esters is 1. The van der Waals surface area contributed by atoms with E-state index >= 15 is 0 Å². The molecule has 2 aromatic carbocycles. The first-order valence-electron chi connectivity index (χ1n) is 10.5. The number of benzene rings is 2. The maximum atomic E-state index is 12.8. The van der Waals surface area contributed by atoms with Crippen LogP contribution in [-0.4, -0.2) is 26.5 Å². The van der Waals surface area contributed by atoms with Gasteiger partial charge in [0.1, 0.15) is 11.6 Å². The molecule has 8 nitrogen and oxygen atoms in total. The second kappa shape index (κ2) is 9.74. The largest absolute Gasteiger partial charge is 0.456 e. The zero-order chi connectivity index (χ0) is 23.4. The minimum Gasteiger partial charge on any atom is -0.456 e. The van der Waals surface area contributed by atoms with Gasteiger partial charge in [-0.2, -0.15) is 9.61 Å². The van der Waals surface area contributed by atoms with E-state index in [4.69, 9.17) is 4.74 Å². The van der Waals surface area contributed by atoms with Crippen LogP contribution in [0.2, 0.25) is 0 Å². The van der Waals surface area contributed by atoms with Crippen LogP contribution in [0.5, 0.6) is 0 Å². The summed E-state index contributed by atoms with van der Waals surface area (Å²) in [5.74, 6) is -0.958. The van der Waals surface area contributed by atoms with Crippen molar-refractivity contribution in [3.8, 4) is 0 Å². The standard InChI is InChI=1S/C24H22N4O4S/c1-3-7-20-27-28-21(29)13-17(25-24(28)33-20)14-32-23(31)18-10-4-5-11-19(18)26-22(30)16-9-6-8-15(2)12-16/h4-6,8-13H,3,7,14H2,1-2H3,(H,26,30). The molecule has 1 N–H and O–H groups in total. The Kier molecular flexibility index (Phi) is 6.60. The Bertz CT molecular complexity index is 1390. The molecule has 0 bridgehead atoms. The van der Waals surface area contributed by atoms with Crippen molar-refractivity contribution < 1.29 is 14.3 Å². The highest BCUT2D eigenvalue weighted by atomic mass is 32.1. The van der Waals surface area contributed by atoms with Gasteiger partial charge < -0.3 is 10.1 Å². The van der Waals surface area contributed by atoms with Gasteiger partial charge in [-0.25, -0.2) is 9.78 Å². The highest BCUT2D eigenvalue weighted by Gasteiger charge is 2.17. The number of hydrogen-bond donors (Lipinski definition) is 1. The number of fused-ring (bicyclic) bond motifs is 1. The predicted octanol–water partition coefficient (Wildman–Crippen LogP) is 4.02. The van der Waals surface area contributed by atoms with E-state index in [9.17, 15) is 14.4 Å². The molecule has 4 rings (SSSR count). The highest BCUT2D eigenvalue weighted by molar-refractivity contribution is 7.16. The number of nitrogens with one attached hydrogen (secondary N) is 1. The second-order valence-corrected chi connectivity index (χ2v) is 8.51. The number of ether oxygens (including phenoxy) is 1. The summed E-state index contributed by atoms with van der Waals surface area (Å²) in [6.45, 7) is 3.76. The molecule has 0 saturated carbocycles. The average molecular weight is 463 g/mol. The third-order valence-electron chi connectivity index (χ3n) is 4.83. The van der Waals surface area contributed by atoms with E-state index in [1.165, 1.54) is 21.9 Å². The zero-order valence-electron chi connectivity index (χ0n) is 18.2. The Labute approximate surface area is 193 Å². The summed E-state index contributed by atoms with van der Waals surface area (Å²) in [5, 5.41) is 7.86. The molecule has 0 atom stereocenters. The SMILES string of the molecule is CCCc1nn2c(=O)cc(COC(=O)c3ccccc3NC(=O)c3cccc(C)c3)nc2s1. The van der Waals surface area contributed by atoms with Crippen molar-refractivity contribution in [1.82, 2.24) is 14.6 Å². The maximum Gasteiger partial charge on any atom is 0.340 e. The molecule has 33 heavy (non-hydrogen) atoms. The summed E-state index contributed by atoms with van der Waals surface area (Å²) in [4.78, 5) is 42.6. The molecule has 1 amide bonds. The quantitative estimate of drug-likeness (QED) is 0.416. The number of carbonyl (C=O) groups is 2. The van der Waals surface area contributed by atoms with E-state index in [0.717, 1.165) is 23.4 Å². The summed E-state index contributed by atoms with van der Waals surface area (Å²) in [6, 6.07) is 15.1. The van der Waals surface area contributed by atoms with Gasteiger partial charge in [-0.05, 0) is 37.6 Å². The molecule has 0 unspecified atom stereocenters. The molecule has 2 heterocycles. The van der Waals surface area contributed by atoms with Crippen LogP contribution in [-0.2, 0) is 17.8 Å². The lowest BCUT2D eigenvalue weighted by Crippen LogP contribution is -2.18. The number of amides is 1. The third-order valence-corrected chi connectivity index (χ3v) is 5.80. The fourth-order valence-electron chi connectivity index (χ4n) is 3.25. The smallest absolute Gasteiger partial charge is 0.340 e. The van der Waals surface area contributed by atoms with Gasteiger partial charge in [0.15, 0.2) is 0 Å². The lowest BCUT2D eigenvalue weighted by Gasteiger charge is -2.11. The lowest BCUT2D eigenvalue weighted by molar-refractivity contribution is 0.0469.